The first-order valence-electron chi connectivity index (χ1n) is 6.74. The molecule has 2 N–H and O–H groups in total. The van der Waals surface area contributed by atoms with E-state index < -0.39 is 0 Å². The van der Waals surface area contributed by atoms with Gasteiger partial charge in [-0.3, -0.25) is 0 Å². The summed E-state index contributed by atoms with van der Waals surface area (Å²) < 4.78 is 5.76. The highest BCUT2D eigenvalue weighted by molar-refractivity contribution is 5.43. The standard InChI is InChI=1S/C15H21NO/c1-11-9-12-10-13(3-4-14(12)17-11)15(7-8-16)5-2-6-15/h3-4,10-11H,2,5-9,16H2,1H3. The van der Waals surface area contributed by atoms with Gasteiger partial charge in [0.1, 0.15) is 11.9 Å². The molecule has 17 heavy (non-hydrogen) atoms. The van der Waals surface area contributed by atoms with Crippen LogP contribution in [0, 0.1) is 0 Å². The van der Waals surface area contributed by atoms with Crippen LogP contribution >= 0.6 is 0 Å². The van der Waals surface area contributed by atoms with E-state index in [0.717, 1.165) is 25.1 Å². The maximum atomic E-state index is 5.77. The number of rotatable bonds is 3. The van der Waals surface area contributed by atoms with Crippen molar-refractivity contribution in [1.82, 2.24) is 0 Å². The first-order valence-corrected chi connectivity index (χ1v) is 6.74. The van der Waals surface area contributed by atoms with Gasteiger partial charge in [-0.1, -0.05) is 18.6 Å². The lowest BCUT2D eigenvalue weighted by Crippen LogP contribution is -2.36. The number of benzene rings is 1. The zero-order chi connectivity index (χ0) is 11.9. The minimum atomic E-state index is 0.340. The number of ether oxygens (including phenoxy) is 1. The summed E-state index contributed by atoms with van der Waals surface area (Å²) in [5.41, 5.74) is 9.03. The monoisotopic (exact) mass is 231 g/mol. The van der Waals surface area contributed by atoms with Crippen LogP contribution in [0.2, 0.25) is 0 Å². The van der Waals surface area contributed by atoms with Crippen LogP contribution in [0.3, 0.4) is 0 Å². The molecule has 1 aromatic carbocycles. The van der Waals surface area contributed by atoms with Gasteiger partial charge in [0.05, 0.1) is 0 Å². The molecule has 1 atom stereocenters. The Morgan fingerprint density at radius 3 is 2.88 bits per heavy atom. The van der Waals surface area contributed by atoms with Crippen LogP contribution in [0.4, 0.5) is 0 Å². The van der Waals surface area contributed by atoms with Crippen LogP contribution in [0.1, 0.15) is 43.7 Å². The Morgan fingerprint density at radius 1 is 1.41 bits per heavy atom. The lowest BCUT2D eigenvalue weighted by molar-refractivity contribution is 0.229. The van der Waals surface area contributed by atoms with Gasteiger partial charge in [0.25, 0.3) is 0 Å². The summed E-state index contributed by atoms with van der Waals surface area (Å²) in [6, 6.07) is 6.78. The van der Waals surface area contributed by atoms with Gasteiger partial charge >= 0.3 is 0 Å². The minimum Gasteiger partial charge on any atom is -0.490 e. The van der Waals surface area contributed by atoms with Gasteiger partial charge in [0, 0.05) is 6.42 Å². The van der Waals surface area contributed by atoms with Gasteiger partial charge in [0.15, 0.2) is 0 Å². The fourth-order valence-corrected chi connectivity index (χ4v) is 3.31. The van der Waals surface area contributed by atoms with Gasteiger partial charge in [-0.2, -0.15) is 0 Å². The Bertz CT molecular complexity index is 423. The van der Waals surface area contributed by atoms with Crippen LogP contribution in [-0.2, 0) is 11.8 Å². The molecule has 3 rings (SSSR count). The second-order valence-electron chi connectivity index (χ2n) is 5.63. The Hall–Kier alpha value is -1.02. The minimum absolute atomic E-state index is 0.340. The third kappa shape index (κ3) is 1.75. The molecule has 1 unspecified atom stereocenters. The van der Waals surface area contributed by atoms with Crippen LogP contribution < -0.4 is 10.5 Å². The Morgan fingerprint density at radius 2 is 2.24 bits per heavy atom. The fourth-order valence-electron chi connectivity index (χ4n) is 3.31. The Kier molecular flexibility index (Phi) is 2.62. The van der Waals surface area contributed by atoms with Crippen molar-refractivity contribution < 1.29 is 4.74 Å². The number of hydrogen-bond acceptors (Lipinski definition) is 2. The smallest absolute Gasteiger partial charge is 0.123 e. The molecule has 2 heteroatoms. The highest BCUT2D eigenvalue weighted by Gasteiger charge is 2.38. The fraction of sp³-hybridized carbons (Fsp3) is 0.600. The van der Waals surface area contributed by atoms with E-state index in [2.05, 4.69) is 25.1 Å². The zero-order valence-electron chi connectivity index (χ0n) is 10.5. The number of nitrogens with two attached hydrogens (primary N) is 1. The van der Waals surface area contributed by atoms with E-state index in [0.29, 0.717) is 11.5 Å². The molecular weight excluding hydrogens is 210 g/mol. The first kappa shape index (κ1) is 11.1. The van der Waals surface area contributed by atoms with Gasteiger partial charge in [0.2, 0.25) is 0 Å². The molecule has 1 aliphatic heterocycles. The largest absolute Gasteiger partial charge is 0.490 e. The van der Waals surface area contributed by atoms with Crippen molar-refractivity contribution in [2.24, 2.45) is 5.73 Å². The lowest BCUT2D eigenvalue weighted by atomic mass is 9.62. The second-order valence-corrected chi connectivity index (χ2v) is 5.63. The molecule has 1 heterocycles. The maximum Gasteiger partial charge on any atom is 0.123 e. The molecule has 2 aliphatic rings. The summed E-state index contributed by atoms with van der Waals surface area (Å²) >= 11 is 0. The van der Waals surface area contributed by atoms with E-state index in [-0.39, 0.29) is 0 Å². The van der Waals surface area contributed by atoms with Crippen LogP contribution in [0.25, 0.3) is 0 Å². The second kappa shape index (κ2) is 4.02. The van der Waals surface area contributed by atoms with Gasteiger partial charge in [-0.15, -0.1) is 0 Å². The molecular formula is C15H21NO. The molecule has 2 nitrogen and oxygen atoms in total. The normalized spacial score (nSPS) is 24.9. The number of hydrogen-bond donors (Lipinski definition) is 1. The Labute approximate surface area is 103 Å². The van der Waals surface area contributed by atoms with Gasteiger partial charge in [-0.25, -0.2) is 0 Å². The van der Waals surface area contributed by atoms with E-state index in [1.807, 2.05) is 0 Å². The summed E-state index contributed by atoms with van der Waals surface area (Å²) in [7, 11) is 0. The molecule has 0 radical (unpaired) electrons. The van der Waals surface area contributed by atoms with Crippen molar-refractivity contribution in [2.45, 2.75) is 50.5 Å². The van der Waals surface area contributed by atoms with E-state index in [1.54, 1.807) is 0 Å². The predicted octanol–water partition coefficient (Wildman–Crippen LogP) is 2.78. The van der Waals surface area contributed by atoms with E-state index in [9.17, 15) is 0 Å². The van der Waals surface area contributed by atoms with Crippen molar-refractivity contribution >= 4 is 0 Å². The lowest BCUT2D eigenvalue weighted by Gasteiger charge is -2.42. The molecule has 92 valence electrons. The van der Waals surface area contributed by atoms with Crippen molar-refractivity contribution in [3.05, 3.63) is 29.3 Å². The number of fused-ring (bicyclic) bond motifs is 1. The van der Waals surface area contributed by atoms with E-state index in [1.165, 1.54) is 30.4 Å². The molecule has 0 aromatic heterocycles. The molecule has 1 aromatic rings. The highest BCUT2D eigenvalue weighted by Crippen LogP contribution is 2.47. The van der Waals surface area contributed by atoms with Crippen molar-refractivity contribution in [3.63, 3.8) is 0 Å². The summed E-state index contributed by atoms with van der Waals surface area (Å²) in [5.74, 6) is 1.09. The predicted molar refractivity (Wildman–Crippen MR) is 69.4 cm³/mol. The zero-order valence-corrected chi connectivity index (χ0v) is 10.5. The highest BCUT2D eigenvalue weighted by atomic mass is 16.5. The third-order valence-corrected chi connectivity index (χ3v) is 4.44. The molecule has 0 amide bonds. The van der Waals surface area contributed by atoms with Crippen molar-refractivity contribution in [3.8, 4) is 5.75 Å². The maximum absolute atomic E-state index is 5.77. The van der Waals surface area contributed by atoms with Crippen molar-refractivity contribution in [1.29, 1.82) is 0 Å². The van der Waals surface area contributed by atoms with Crippen molar-refractivity contribution in [2.75, 3.05) is 6.54 Å². The summed E-state index contributed by atoms with van der Waals surface area (Å²) in [4.78, 5) is 0. The molecule has 0 spiro atoms. The molecule has 1 aliphatic carbocycles. The first-order chi connectivity index (χ1) is 8.23. The van der Waals surface area contributed by atoms with E-state index in [4.69, 9.17) is 10.5 Å². The van der Waals surface area contributed by atoms with E-state index >= 15 is 0 Å². The summed E-state index contributed by atoms with van der Waals surface area (Å²) in [6.07, 6.45) is 6.49. The van der Waals surface area contributed by atoms with Crippen LogP contribution in [0.5, 0.6) is 5.75 Å². The van der Waals surface area contributed by atoms with Gasteiger partial charge < -0.3 is 10.5 Å². The summed E-state index contributed by atoms with van der Waals surface area (Å²) in [6.45, 7) is 2.93. The topological polar surface area (TPSA) is 35.2 Å². The molecule has 0 bridgehead atoms. The summed E-state index contributed by atoms with van der Waals surface area (Å²) in [5, 5.41) is 0. The quantitative estimate of drug-likeness (QED) is 0.868. The van der Waals surface area contributed by atoms with Crippen LogP contribution in [0.15, 0.2) is 18.2 Å². The van der Waals surface area contributed by atoms with Crippen LogP contribution in [-0.4, -0.2) is 12.6 Å². The molecule has 1 saturated carbocycles. The average Bonchev–Trinajstić information content (AvgIpc) is 2.62. The average molecular weight is 231 g/mol. The third-order valence-electron chi connectivity index (χ3n) is 4.44. The SMILES string of the molecule is CC1Cc2cc(C3(CCN)CCC3)ccc2O1. The molecule has 0 saturated heterocycles. The molecule has 1 fully saturated rings. The van der Waals surface area contributed by atoms with Gasteiger partial charge in [-0.05, 0) is 55.3 Å². The Balaban J connectivity index is 1.91.